The summed E-state index contributed by atoms with van der Waals surface area (Å²) in [4.78, 5) is 5.27. The molecule has 0 aliphatic rings. The first-order chi connectivity index (χ1) is 4.33. The molecule has 0 atom stereocenters. The molecule has 0 spiro atoms. The van der Waals surface area contributed by atoms with Gasteiger partial charge in [-0.3, -0.25) is 0 Å². The minimum absolute atomic E-state index is 0.912. The van der Waals surface area contributed by atoms with Crippen LogP contribution in [0.1, 0.15) is 16.8 Å². The molecule has 0 aliphatic carbocycles. The van der Waals surface area contributed by atoms with Gasteiger partial charge in [0.05, 0.1) is 0 Å². The topological polar surface area (TPSA) is 12.9 Å². The van der Waals surface area contributed by atoms with Gasteiger partial charge in [-0.25, -0.2) is 4.98 Å². The Hall–Kier alpha value is -0.810. The molecule has 2 heteroatoms. The summed E-state index contributed by atoms with van der Waals surface area (Å²) < 4.78 is 0. The average molecular weight is 137 g/mol. The van der Waals surface area contributed by atoms with E-state index in [-0.39, 0.29) is 0 Å². The molecular weight excluding hydrogens is 130 g/mol. The van der Waals surface area contributed by atoms with Crippen LogP contribution < -0.4 is 0 Å². The van der Waals surface area contributed by atoms with Gasteiger partial charge in [0.25, 0.3) is 0 Å². The molecule has 0 saturated carbocycles. The highest BCUT2D eigenvalue weighted by Gasteiger charge is 1.90. The van der Waals surface area contributed by atoms with Gasteiger partial charge in [-0.05, 0) is 19.8 Å². The molecule has 0 unspecified atom stereocenters. The summed E-state index contributed by atoms with van der Waals surface area (Å²) in [5.74, 6) is 5.68. The van der Waals surface area contributed by atoms with Crippen LogP contribution in [0.25, 0.3) is 0 Å². The van der Waals surface area contributed by atoms with Gasteiger partial charge in [0, 0.05) is 11.1 Å². The summed E-state index contributed by atoms with van der Waals surface area (Å²) in [6.07, 6.45) is 1.84. The van der Waals surface area contributed by atoms with Crippen molar-refractivity contribution in [2.45, 2.75) is 13.8 Å². The molecule has 0 radical (unpaired) electrons. The number of aryl methyl sites for hydroxylation is 1. The normalized spacial score (nSPS) is 8.22. The standard InChI is InChI=1S/C7H7NS/c1-3-4-7-8-5-6(2)9-7/h5H,1-2H3. The van der Waals surface area contributed by atoms with Crippen molar-refractivity contribution in [3.05, 3.63) is 16.1 Å². The minimum Gasteiger partial charge on any atom is -0.236 e. The smallest absolute Gasteiger partial charge is 0.167 e. The Bertz CT molecular complexity index is 251. The van der Waals surface area contributed by atoms with E-state index in [2.05, 4.69) is 16.8 Å². The predicted molar refractivity (Wildman–Crippen MR) is 39.4 cm³/mol. The Morgan fingerprint density at radius 2 is 2.44 bits per heavy atom. The first-order valence-electron chi connectivity index (χ1n) is 2.68. The molecule has 0 aliphatic heterocycles. The average Bonchev–Trinajstić information content (AvgIpc) is 2.17. The monoisotopic (exact) mass is 137 g/mol. The van der Waals surface area contributed by atoms with Gasteiger partial charge < -0.3 is 0 Å². The van der Waals surface area contributed by atoms with Crippen molar-refractivity contribution in [1.82, 2.24) is 4.98 Å². The van der Waals surface area contributed by atoms with Crippen LogP contribution in [-0.4, -0.2) is 4.98 Å². The van der Waals surface area contributed by atoms with E-state index in [1.54, 1.807) is 11.3 Å². The molecule has 1 rings (SSSR count). The molecule has 0 N–H and O–H groups in total. The van der Waals surface area contributed by atoms with Gasteiger partial charge in [0.2, 0.25) is 0 Å². The summed E-state index contributed by atoms with van der Waals surface area (Å²) in [7, 11) is 0. The second-order valence-electron chi connectivity index (χ2n) is 1.65. The number of hydrogen-bond acceptors (Lipinski definition) is 2. The Morgan fingerprint density at radius 3 is 2.89 bits per heavy atom. The summed E-state index contributed by atoms with van der Waals surface area (Å²) in [6.45, 7) is 3.84. The van der Waals surface area contributed by atoms with Gasteiger partial charge >= 0.3 is 0 Å². The third-order valence-electron chi connectivity index (χ3n) is 0.853. The van der Waals surface area contributed by atoms with Crippen LogP contribution in [-0.2, 0) is 0 Å². The van der Waals surface area contributed by atoms with E-state index in [1.807, 2.05) is 20.0 Å². The Kier molecular flexibility index (Phi) is 1.86. The van der Waals surface area contributed by atoms with E-state index < -0.39 is 0 Å². The molecule has 1 aromatic rings. The van der Waals surface area contributed by atoms with Crippen LogP contribution in [0.5, 0.6) is 0 Å². The number of thiazole rings is 1. The Morgan fingerprint density at radius 1 is 1.67 bits per heavy atom. The zero-order valence-electron chi connectivity index (χ0n) is 5.43. The van der Waals surface area contributed by atoms with Crippen molar-refractivity contribution in [1.29, 1.82) is 0 Å². The third kappa shape index (κ3) is 1.55. The second kappa shape index (κ2) is 2.65. The maximum atomic E-state index is 4.05. The quantitative estimate of drug-likeness (QED) is 0.497. The Balaban J connectivity index is 2.93. The molecule has 0 fully saturated rings. The highest BCUT2D eigenvalue weighted by molar-refractivity contribution is 7.12. The number of hydrogen-bond donors (Lipinski definition) is 0. The van der Waals surface area contributed by atoms with Crippen molar-refractivity contribution >= 4 is 11.3 Å². The van der Waals surface area contributed by atoms with Gasteiger partial charge in [0.15, 0.2) is 5.01 Å². The van der Waals surface area contributed by atoms with E-state index in [4.69, 9.17) is 0 Å². The van der Waals surface area contributed by atoms with Crippen molar-refractivity contribution in [2.75, 3.05) is 0 Å². The fourth-order valence-corrected chi connectivity index (χ4v) is 1.19. The predicted octanol–water partition coefficient (Wildman–Crippen LogP) is 1.82. The van der Waals surface area contributed by atoms with E-state index in [0.717, 1.165) is 5.01 Å². The van der Waals surface area contributed by atoms with Gasteiger partial charge in [-0.15, -0.1) is 11.3 Å². The van der Waals surface area contributed by atoms with Gasteiger partial charge in [-0.1, -0.05) is 5.92 Å². The maximum Gasteiger partial charge on any atom is 0.167 e. The lowest BCUT2D eigenvalue weighted by Crippen LogP contribution is -1.63. The highest BCUT2D eigenvalue weighted by atomic mass is 32.1. The van der Waals surface area contributed by atoms with Crippen LogP contribution in [0.3, 0.4) is 0 Å². The van der Waals surface area contributed by atoms with Crippen molar-refractivity contribution < 1.29 is 0 Å². The minimum atomic E-state index is 0.912. The fraction of sp³-hybridized carbons (Fsp3) is 0.286. The van der Waals surface area contributed by atoms with Gasteiger partial charge in [-0.2, -0.15) is 0 Å². The van der Waals surface area contributed by atoms with Crippen molar-refractivity contribution in [3.8, 4) is 11.8 Å². The molecular formula is C7H7NS. The number of rotatable bonds is 0. The molecule has 0 amide bonds. The molecule has 1 nitrogen and oxygen atoms in total. The number of aromatic nitrogens is 1. The lowest BCUT2D eigenvalue weighted by molar-refractivity contribution is 1.36. The first-order valence-corrected chi connectivity index (χ1v) is 3.50. The van der Waals surface area contributed by atoms with Crippen LogP contribution >= 0.6 is 11.3 Å². The Labute approximate surface area is 58.8 Å². The van der Waals surface area contributed by atoms with Crippen LogP contribution in [0.4, 0.5) is 0 Å². The van der Waals surface area contributed by atoms with Gasteiger partial charge in [0.1, 0.15) is 0 Å². The molecule has 1 aromatic heterocycles. The van der Waals surface area contributed by atoms with Crippen LogP contribution in [0.15, 0.2) is 6.20 Å². The van der Waals surface area contributed by atoms with E-state index in [0.29, 0.717) is 0 Å². The fourth-order valence-electron chi connectivity index (χ4n) is 0.519. The highest BCUT2D eigenvalue weighted by Crippen LogP contribution is 2.08. The largest absolute Gasteiger partial charge is 0.236 e. The van der Waals surface area contributed by atoms with Crippen molar-refractivity contribution in [3.63, 3.8) is 0 Å². The molecule has 1 heterocycles. The number of nitrogens with zero attached hydrogens (tertiary/aromatic N) is 1. The summed E-state index contributed by atoms with van der Waals surface area (Å²) in [6, 6.07) is 0. The van der Waals surface area contributed by atoms with E-state index in [9.17, 15) is 0 Å². The van der Waals surface area contributed by atoms with Crippen LogP contribution in [0, 0.1) is 18.8 Å². The summed E-state index contributed by atoms with van der Waals surface area (Å²) in [5.41, 5.74) is 0. The zero-order valence-corrected chi connectivity index (χ0v) is 6.25. The third-order valence-corrected chi connectivity index (χ3v) is 1.68. The lowest BCUT2D eigenvalue weighted by atomic mass is 10.6. The van der Waals surface area contributed by atoms with Crippen LogP contribution in [0.2, 0.25) is 0 Å². The molecule has 0 aromatic carbocycles. The lowest BCUT2D eigenvalue weighted by Gasteiger charge is -1.70. The van der Waals surface area contributed by atoms with Crippen molar-refractivity contribution in [2.24, 2.45) is 0 Å². The SMILES string of the molecule is CC#Cc1ncc(C)s1. The molecule has 0 bridgehead atoms. The zero-order chi connectivity index (χ0) is 6.69. The van der Waals surface area contributed by atoms with E-state index >= 15 is 0 Å². The molecule has 0 saturated heterocycles. The summed E-state index contributed by atoms with van der Waals surface area (Å²) in [5, 5.41) is 0.912. The molecule has 46 valence electrons. The first kappa shape index (κ1) is 6.31. The maximum absolute atomic E-state index is 4.05. The summed E-state index contributed by atoms with van der Waals surface area (Å²) >= 11 is 1.63. The molecule has 9 heavy (non-hydrogen) atoms. The second-order valence-corrected chi connectivity index (χ2v) is 2.89. The van der Waals surface area contributed by atoms with E-state index in [1.165, 1.54) is 4.88 Å².